The van der Waals surface area contributed by atoms with Gasteiger partial charge in [-0.25, -0.2) is 0 Å². The Morgan fingerprint density at radius 1 is 1.36 bits per heavy atom. The number of benzene rings is 1. The summed E-state index contributed by atoms with van der Waals surface area (Å²) in [5, 5.41) is 9.72. The fraction of sp³-hybridized carbons (Fsp3) is 0.389. The Morgan fingerprint density at radius 3 is 2.92 bits per heavy atom. The van der Waals surface area contributed by atoms with Crippen LogP contribution in [-0.4, -0.2) is 46.5 Å². The lowest BCUT2D eigenvalue weighted by molar-refractivity contribution is -0.124. The normalized spacial score (nSPS) is 16.7. The van der Waals surface area contributed by atoms with E-state index in [9.17, 15) is 9.59 Å². The third-order valence-corrected chi connectivity index (χ3v) is 4.18. The minimum Gasteiger partial charge on any atom is -0.487 e. The number of amides is 2. The van der Waals surface area contributed by atoms with E-state index < -0.39 is 0 Å². The molecule has 1 aromatic carbocycles. The van der Waals surface area contributed by atoms with Crippen molar-refractivity contribution in [3.8, 4) is 5.75 Å². The molecule has 25 heavy (non-hydrogen) atoms. The average Bonchev–Trinajstić information content (AvgIpc) is 3.30. The minimum absolute atomic E-state index is 0.0109. The standard InChI is InChI=1S/C18H22N4O3/c1-2-19-17(23)13-8-9-22(11-13)18(24)16-10-14(20-21-16)12-25-15-6-4-3-5-7-15/h3-7,10,13H,2,8-9,11-12H2,1H3,(H,19,23)(H,20,21)/t13-/m0/s1. The van der Waals surface area contributed by atoms with Gasteiger partial charge in [0.2, 0.25) is 5.91 Å². The number of aromatic nitrogens is 2. The Labute approximate surface area is 146 Å². The smallest absolute Gasteiger partial charge is 0.274 e. The summed E-state index contributed by atoms with van der Waals surface area (Å²) in [6.45, 7) is 3.81. The van der Waals surface area contributed by atoms with Crippen molar-refractivity contribution in [2.24, 2.45) is 5.92 Å². The number of carbonyl (C=O) groups is 2. The Morgan fingerprint density at radius 2 is 2.16 bits per heavy atom. The van der Waals surface area contributed by atoms with Crippen molar-refractivity contribution in [2.45, 2.75) is 20.0 Å². The van der Waals surface area contributed by atoms with Crippen molar-refractivity contribution in [1.82, 2.24) is 20.4 Å². The monoisotopic (exact) mass is 342 g/mol. The second-order valence-corrected chi connectivity index (χ2v) is 6.01. The van der Waals surface area contributed by atoms with Gasteiger partial charge in [0.25, 0.3) is 5.91 Å². The minimum atomic E-state index is -0.158. The number of likely N-dealkylation sites (tertiary alicyclic amines) is 1. The van der Waals surface area contributed by atoms with Crippen molar-refractivity contribution in [1.29, 1.82) is 0 Å². The number of nitrogens with zero attached hydrogens (tertiary/aromatic N) is 2. The van der Waals surface area contributed by atoms with Gasteiger partial charge >= 0.3 is 0 Å². The second kappa shape index (κ2) is 7.83. The predicted octanol–water partition coefficient (Wildman–Crippen LogP) is 1.59. The molecular weight excluding hydrogens is 320 g/mol. The number of aromatic amines is 1. The van der Waals surface area contributed by atoms with Crippen molar-refractivity contribution < 1.29 is 14.3 Å². The van der Waals surface area contributed by atoms with Crippen LogP contribution in [0.1, 0.15) is 29.5 Å². The first kappa shape index (κ1) is 17.0. The van der Waals surface area contributed by atoms with Crippen LogP contribution in [0.15, 0.2) is 36.4 Å². The maximum absolute atomic E-state index is 12.5. The first-order valence-electron chi connectivity index (χ1n) is 8.46. The highest BCUT2D eigenvalue weighted by molar-refractivity contribution is 5.93. The largest absolute Gasteiger partial charge is 0.487 e. The molecule has 1 aliphatic heterocycles. The van der Waals surface area contributed by atoms with Crippen LogP contribution in [-0.2, 0) is 11.4 Å². The van der Waals surface area contributed by atoms with Crippen molar-refractivity contribution in [2.75, 3.05) is 19.6 Å². The number of ether oxygens (including phenoxy) is 1. The van der Waals surface area contributed by atoms with Crippen molar-refractivity contribution in [3.63, 3.8) is 0 Å². The molecule has 0 saturated carbocycles. The van der Waals surface area contributed by atoms with Gasteiger partial charge in [0, 0.05) is 19.6 Å². The summed E-state index contributed by atoms with van der Waals surface area (Å²) in [4.78, 5) is 26.1. The van der Waals surface area contributed by atoms with E-state index in [0.717, 1.165) is 11.4 Å². The quantitative estimate of drug-likeness (QED) is 0.834. The highest BCUT2D eigenvalue weighted by Gasteiger charge is 2.32. The molecule has 132 valence electrons. The highest BCUT2D eigenvalue weighted by atomic mass is 16.5. The molecule has 0 radical (unpaired) electrons. The van der Waals surface area contributed by atoms with E-state index in [2.05, 4.69) is 15.5 Å². The third-order valence-electron chi connectivity index (χ3n) is 4.18. The number of hydrogen-bond acceptors (Lipinski definition) is 4. The first-order valence-corrected chi connectivity index (χ1v) is 8.46. The summed E-state index contributed by atoms with van der Waals surface area (Å²) in [5.74, 6) is 0.476. The van der Waals surface area contributed by atoms with Crippen LogP contribution in [0.4, 0.5) is 0 Å². The molecule has 1 saturated heterocycles. The molecule has 2 amide bonds. The zero-order chi connectivity index (χ0) is 17.6. The van der Waals surface area contributed by atoms with E-state index in [1.807, 2.05) is 37.3 Å². The van der Waals surface area contributed by atoms with Gasteiger partial charge in [-0.05, 0) is 31.5 Å². The molecular formula is C18H22N4O3. The molecule has 0 aliphatic carbocycles. The van der Waals surface area contributed by atoms with E-state index in [1.54, 1.807) is 11.0 Å². The summed E-state index contributed by atoms with van der Waals surface area (Å²) in [6, 6.07) is 11.2. The fourth-order valence-corrected chi connectivity index (χ4v) is 2.86. The van der Waals surface area contributed by atoms with Gasteiger partial charge in [-0.15, -0.1) is 0 Å². The zero-order valence-electron chi connectivity index (χ0n) is 14.2. The van der Waals surface area contributed by atoms with Gasteiger partial charge < -0.3 is 15.0 Å². The van der Waals surface area contributed by atoms with E-state index in [0.29, 0.717) is 38.4 Å². The van der Waals surface area contributed by atoms with Gasteiger partial charge in [-0.2, -0.15) is 5.10 Å². The third kappa shape index (κ3) is 4.17. The summed E-state index contributed by atoms with van der Waals surface area (Å²) in [6.07, 6.45) is 0.686. The van der Waals surface area contributed by atoms with Crippen molar-refractivity contribution >= 4 is 11.8 Å². The Hall–Kier alpha value is -2.83. The molecule has 2 N–H and O–H groups in total. The Bertz CT molecular complexity index is 729. The van der Waals surface area contributed by atoms with Gasteiger partial charge in [0.15, 0.2) is 5.69 Å². The lowest BCUT2D eigenvalue weighted by Crippen LogP contribution is -2.34. The number of rotatable bonds is 6. The van der Waals surface area contributed by atoms with Crippen LogP contribution >= 0.6 is 0 Å². The Balaban J connectivity index is 1.55. The molecule has 0 spiro atoms. The number of nitrogens with one attached hydrogen (secondary N) is 2. The number of para-hydroxylation sites is 1. The van der Waals surface area contributed by atoms with Gasteiger partial charge in [-0.3, -0.25) is 14.7 Å². The summed E-state index contributed by atoms with van der Waals surface area (Å²) < 4.78 is 5.64. The summed E-state index contributed by atoms with van der Waals surface area (Å²) in [5.41, 5.74) is 1.08. The summed E-state index contributed by atoms with van der Waals surface area (Å²) in [7, 11) is 0. The van der Waals surface area contributed by atoms with Crippen LogP contribution in [0.2, 0.25) is 0 Å². The molecule has 2 heterocycles. The Kier molecular flexibility index (Phi) is 5.33. The second-order valence-electron chi connectivity index (χ2n) is 6.01. The molecule has 0 bridgehead atoms. The fourth-order valence-electron chi connectivity index (χ4n) is 2.86. The number of hydrogen-bond donors (Lipinski definition) is 2. The van der Waals surface area contributed by atoms with Crippen LogP contribution in [0.3, 0.4) is 0 Å². The molecule has 1 aliphatic rings. The SMILES string of the molecule is CCNC(=O)[C@H]1CCN(C(=O)c2cc(COc3ccccc3)[nH]n2)C1. The first-order chi connectivity index (χ1) is 12.2. The molecule has 0 unspecified atom stereocenters. The van der Waals surface area contributed by atoms with E-state index in [1.165, 1.54) is 0 Å². The topological polar surface area (TPSA) is 87.3 Å². The van der Waals surface area contributed by atoms with Crippen LogP contribution in [0.25, 0.3) is 0 Å². The average molecular weight is 342 g/mol. The lowest BCUT2D eigenvalue weighted by atomic mass is 10.1. The summed E-state index contributed by atoms with van der Waals surface area (Å²) >= 11 is 0. The van der Waals surface area contributed by atoms with Gasteiger partial charge in [0.1, 0.15) is 12.4 Å². The lowest BCUT2D eigenvalue weighted by Gasteiger charge is -2.14. The van der Waals surface area contributed by atoms with Gasteiger partial charge in [-0.1, -0.05) is 18.2 Å². The number of carbonyl (C=O) groups excluding carboxylic acids is 2. The maximum Gasteiger partial charge on any atom is 0.274 e. The van der Waals surface area contributed by atoms with Crippen LogP contribution in [0, 0.1) is 5.92 Å². The van der Waals surface area contributed by atoms with Gasteiger partial charge in [0.05, 0.1) is 11.6 Å². The maximum atomic E-state index is 12.5. The molecule has 3 rings (SSSR count). The predicted molar refractivity (Wildman–Crippen MR) is 92.1 cm³/mol. The van der Waals surface area contributed by atoms with Crippen LogP contribution in [0.5, 0.6) is 5.75 Å². The molecule has 1 atom stereocenters. The van der Waals surface area contributed by atoms with E-state index in [-0.39, 0.29) is 17.7 Å². The van der Waals surface area contributed by atoms with Crippen molar-refractivity contribution in [3.05, 3.63) is 47.8 Å². The van der Waals surface area contributed by atoms with E-state index in [4.69, 9.17) is 4.74 Å². The van der Waals surface area contributed by atoms with Crippen LogP contribution < -0.4 is 10.1 Å². The molecule has 2 aromatic rings. The molecule has 1 aromatic heterocycles. The zero-order valence-corrected chi connectivity index (χ0v) is 14.2. The molecule has 1 fully saturated rings. The van der Waals surface area contributed by atoms with E-state index >= 15 is 0 Å². The number of H-pyrrole nitrogens is 1. The molecule has 7 heteroatoms. The highest BCUT2D eigenvalue weighted by Crippen LogP contribution is 2.19. The molecule has 7 nitrogen and oxygen atoms in total.